The van der Waals surface area contributed by atoms with Crippen LogP contribution in [0.4, 0.5) is 4.39 Å². The highest BCUT2D eigenvalue weighted by molar-refractivity contribution is 9.10. The molecule has 2 aromatic rings. The zero-order chi connectivity index (χ0) is 11.9. The Morgan fingerprint density at radius 3 is 2.81 bits per heavy atom. The second-order valence-electron chi connectivity index (χ2n) is 3.05. The molecule has 6 heteroatoms. The van der Waals surface area contributed by atoms with Gasteiger partial charge in [-0.3, -0.25) is 0 Å². The van der Waals surface area contributed by atoms with Gasteiger partial charge in [-0.1, -0.05) is 27.5 Å². The number of benzene rings is 1. The summed E-state index contributed by atoms with van der Waals surface area (Å²) in [6.07, 6.45) is 0. The summed E-state index contributed by atoms with van der Waals surface area (Å²) in [5, 5.41) is 9.29. The second kappa shape index (κ2) is 3.99. The van der Waals surface area contributed by atoms with E-state index in [9.17, 15) is 9.18 Å². The largest absolute Gasteiger partial charge is 0.477 e. The predicted molar refractivity (Wildman–Crippen MR) is 61.4 cm³/mol. The lowest BCUT2D eigenvalue weighted by atomic mass is 10.2. The molecule has 0 atom stereocenters. The van der Waals surface area contributed by atoms with Crippen LogP contribution in [0.25, 0.3) is 10.9 Å². The molecule has 2 rings (SSSR count). The van der Waals surface area contributed by atoms with Crippen molar-refractivity contribution in [3.8, 4) is 0 Å². The first kappa shape index (κ1) is 11.3. The number of aromatic carboxylic acids is 1. The third kappa shape index (κ3) is 1.76. The summed E-state index contributed by atoms with van der Waals surface area (Å²) < 4.78 is 14.0. The Hall–Kier alpha value is -1.20. The first-order chi connectivity index (χ1) is 7.50. The van der Waals surface area contributed by atoms with Crippen LogP contribution in [-0.2, 0) is 0 Å². The lowest BCUT2D eigenvalue weighted by Crippen LogP contribution is -2.01. The average molecular weight is 305 g/mol. The Morgan fingerprint density at radius 2 is 2.19 bits per heavy atom. The number of halogens is 3. The van der Waals surface area contributed by atoms with E-state index in [1.54, 1.807) is 0 Å². The van der Waals surface area contributed by atoms with Crippen molar-refractivity contribution in [3.63, 3.8) is 0 Å². The number of hydrogen-bond donors (Lipinski definition) is 1. The molecule has 1 aromatic heterocycles. The lowest BCUT2D eigenvalue weighted by molar-refractivity contribution is 0.0691. The number of carbonyl (C=O) groups is 1. The van der Waals surface area contributed by atoms with Crippen LogP contribution in [-0.4, -0.2) is 16.1 Å². The highest BCUT2D eigenvalue weighted by Gasteiger charge is 2.14. The predicted octanol–water partition coefficient (Wildman–Crippen LogP) is 3.49. The van der Waals surface area contributed by atoms with Crippen LogP contribution in [0.15, 0.2) is 22.7 Å². The first-order valence-electron chi connectivity index (χ1n) is 4.18. The summed E-state index contributed by atoms with van der Waals surface area (Å²) in [7, 11) is 0. The van der Waals surface area contributed by atoms with Crippen molar-refractivity contribution < 1.29 is 14.3 Å². The van der Waals surface area contributed by atoms with Gasteiger partial charge in [-0.2, -0.15) is 0 Å². The molecular weight excluding hydrogens is 300 g/mol. The molecule has 1 aromatic carbocycles. The van der Waals surface area contributed by atoms with E-state index in [1.165, 1.54) is 18.2 Å². The molecule has 0 saturated carbocycles. The van der Waals surface area contributed by atoms with Gasteiger partial charge in [-0.25, -0.2) is 14.2 Å². The smallest absolute Gasteiger partial charge is 0.354 e. The Bertz CT molecular complexity index is 603. The fourth-order valence-electron chi connectivity index (χ4n) is 1.33. The van der Waals surface area contributed by atoms with Gasteiger partial charge in [0.05, 0.1) is 5.02 Å². The van der Waals surface area contributed by atoms with Crippen molar-refractivity contribution in [1.29, 1.82) is 0 Å². The summed E-state index contributed by atoms with van der Waals surface area (Å²) in [6.45, 7) is 0. The average Bonchev–Trinajstić information content (AvgIpc) is 2.22. The molecule has 0 aliphatic rings. The molecule has 0 fully saturated rings. The highest BCUT2D eigenvalue weighted by atomic mass is 79.9. The summed E-state index contributed by atoms with van der Waals surface area (Å²) in [5.74, 6) is -1.86. The van der Waals surface area contributed by atoms with Crippen LogP contribution in [0.5, 0.6) is 0 Å². The topological polar surface area (TPSA) is 50.2 Å². The van der Waals surface area contributed by atoms with Crippen LogP contribution in [0.1, 0.15) is 10.5 Å². The Morgan fingerprint density at radius 1 is 1.50 bits per heavy atom. The number of carboxylic acid groups (broad SMARTS) is 1. The van der Waals surface area contributed by atoms with Crippen LogP contribution < -0.4 is 0 Å². The van der Waals surface area contributed by atoms with Gasteiger partial charge in [-0.05, 0) is 18.2 Å². The van der Waals surface area contributed by atoms with E-state index in [0.717, 1.165) is 0 Å². The summed E-state index contributed by atoms with van der Waals surface area (Å²) in [4.78, 5) is 14.4. The number of nitrogens with zero attached hydrogens (tertiary/aromatic N) is 1. The first-order valence-corrected chi connectivity index (χ1v) is 5.35. The normalized spacial score (nSPS) is 10.7. The molecule has 16 heavy (non-hydrogen) atoms. The quantitative estimate of drug-likeness (QED) is 0.877. The van der Waals surface area contributed by atoms with E-state index in [-0.39, 0.29) is 16.2 Å². The SMILES string of the molecule is O=C(O)c1cc(Cl)c2c(Br)ccc(F)c2n1. The van der Waals surface area contributed by atoms with E-state index >= 15 is 0 Å². The van der Waals surface area contributed by atoms with Crippen LogP contribution in [0.2, 0.25) is 5.02 Å². The molecule has 0 spiro atoms. The monoisotopic (exact) mass is 303 g/mol. The fourth-order valence-corrected chi connectivity index (χ4v) is 2.27. The molecule has 82 valence electrons. The molecule has 0 saturated heterocycles. The Labute approximate surface area is 103 Å². The van der Waals surface area contributed by atoms with Crippen molar-refractivity contribution in [2.24, 2.45) is 0 Å². The number of pyridine rings is 1. The third-order valence-electron chi connectivity index (χ3n) is 2.03. The zero-order valence-electron chi connectivity index (χ0n) is 7.67. The van der Waals surface area contributed by atoms with Crippen LogP contribution >= 0.6 is 27.5 Å². The Balaban J connectivity index is 2.92. The van der Waals surface area contributed by atoms with Crippen molar-refractivity contribution in [2.75, 3.05) is 0 Å². The van der Waals surface area contributed by atoms with Gasteiger partial charge in [0, 0.05) is 9.86 Å². The van der Waals surface area contributed by atoms with E-state index in [4.69, 9.17) is 16.7 Å². The minimum absolute atomic E-state index is 0.0562. The van der Waals surface area contributed by atoms with Crippen molar-refractivity contribution in [1.82, 2.24) is 4.98 Å². The van der Waals surface area contributed by atoms with Crippen molar-refractivity contribution in [3.05, 3.63) is 39.2 Å². The van der Waals surface area contributed by atoms with Gasteiger partial charge in [0.2, 0.25) is 0 Å². The molecule has 0 aliphatic heterocycles. The van der Waals surface area contributed by atoms with Gasteiger partial charge < -0.3 is 5.11 Å². The number of hydrogen-bond acceptors (Lipinski definition) is 2. The van der Waals surface area contributed by atoms with E-state index in [1.807, 2.05) is 0 Å². The van der Waals surface area contributed by atoms with E-state index in [2.05, 4.69) is 20.9 Å². The van der Waals surface area contributed by atoms with Crippen molar-refractivity contribution in [2.45, 2.75) is 0 Å². The molecule has 0 aliphatic carbocycles. The molecule has 0 radical (unpaired) electrons. The molecule has 0 amide bonds. The van der Waals surface area contributed by atoms with Gasteiger partial charge in [0.25, 0.3) is 0 Å². The summed E-state index contributed by atoms with van der Waals surface area (Å²) in [5.41, 5.74) is -0.339. The van der Waals surface area contributed by atoms with E-state index in [0.29, 0.717) is 9.86 Å². The maximum Gasteiger partial charge on any atom is 0.354 e. The number of aromatic nitrogens is 1. The van der Waals surface area contributed by atoms with E-state index < -0.39 is 11.8 Å². The minimum atomic E-state index is -1.25. The Kier molecular flexibility index (Phi) is 2.82. The lowest BCUT2D eigenvalue weighted by Gasteiger charge is -2.05. The summed E-state index contributed by atoms with van der Waals surface area (Å²) in [6, 6.07) is 3.88. The zero-order valence-corrected chi connectivity index (χ0v) is 10.0. The van der Waals surface area contributed by atoms with Crippen molar-refractivity contribution >= 4 is 44.4 Å². The number of fused-ring (bicyclic) bond motifs is 1. The number of rotatable bonds is 1. The third-order valence-corrected chi connectivity index (χ3v) is 2.99. The van der Waals surface area contributed by atoms with Gasteiger partial charge in [0.1, 0.15) is 11.3 Å². The highest BCUT2D eigenvalue weighted by Crippen LogP contribution is 2.31. The number of carboxylic acids is 1. The molecule has 0 bridgehead atoms. The molecule has 3 nitrogen and oxygen atoms in total. The standard InChI is InChI=1S/C10H4BrClFNO2/c11-4-1-2-6(13)9-8(4)5(12)3-7(14-9)10(15)16/h1-3H,(H,15,16). The molecular formula is C10H4BrClFNO2. The molecule has 0 unspecified atom stereocenters. The van der Waals surface area contributed by atoms with Gasteiger partial charge >= 0.3 is 5.97 Å². The van der Waals surface area contributed by atoms with Gasteiger partial charge in [-0.15, -0.1) is 0 Å². The molecule has 1 heterocycles. The maximum absolute atomic E-state index is 13.5. The fraction of sp³-hybridized carbons (Fsp3) is 0. The second-order valence-corrected chi connectivity index (χ2v) is 4.31. The summed E-state index contributed by atoms with van der Waals surface area (Å²) >= 11 is 9.09. The van der Waals surface area contributed by atoms with Gasteiger partial charge in [0.15, 0.2) is 5.69 Å². The minimum Gasteiger partial charge on any atom is -0.477 e. The van der Waals surface area contributed by atoms with Crippen LogP contribution in [0, 0.1) is 5.82 Å². The maximum atomic E-state index is 13.5. The van der Waals surface area contributed by atoms with Crippen LogP contribution in [0.3, 0.4) is 0 Å². The molecule has 1 N–H and O–H groups in total.